The van der Waals surface area contributed by atoms with E-state index >= 15 is 0 Å². The predicted octanol–water partition coefficient (Wildman–Crippen LogP) is 3.54. The van der Waals surface area contributed by atoms with Crippen molar-refractivity contribution < 1.29 is 43.2 Å². The number of likely N-dealkylation sites (N-methyl/N-ethyl adjacent to an activating group) is 1. The summed E-state index contributed by atoms with van der Waals surface area (Å²) in [6.07, 6.45) is 2.68. The maximum atomic E-state index is 14.3. The Labute approximate surface area is 345 Å². The molecule has 3 aliphatic rings. The molecule has 324 valence electrons. The minimum atomic E-state index is -1.25. The third-order valence-corrected chi connectivity index (χ3v) is 13.1. The minimum absolute atomic E-state index is 0.0134. The van der Waals surface area contributed by atoms with Crippen molar-refractivity contribution in [2.24, 2.45) is 23.7 Å². The van der Waals surface area contributed by atoms with Gasteiger partial charge in [0.05, 0.1) is 29.3 Å². The van der Waals surface area contributed by atoms with Crippen molar-refractivity contribution in [3.05, 3.63) is 12.4 Å². The van der Waals surface area contributed by atoms with Crippen molar-refractivity contribution in [2.75, 3.05) is 32.9 Å². The van der Waals surface area contributed by atoms with Gasteiger partial charge in [-0.3, -0.25) is 19.2 Å². The lowest BCUT2D eigenvalue weighted by Gasteiger charge is -2.44. The highest BCUT2D eigenvalue weighted by molar-refractivity contribution is 7.18. The SMILES string of the molecule is CC[C@H]1OC(=O)[C@H](C)C(=O)[C@H](C)[C@@H](O[C@@H]2OC(C)CC(N(C)C)C2O)[C@@H](CC=O)C[C@@H](C)CN[C@H](C)[C@H]2N(CCCCn3cc(-c4cnc(N)s4)nn3)C(=O)O[C@]12C. The number of nitrogen functional groups attached to an aromatic ring is 1. The molecule has 0 bridgehead atoms. The van der Waals surface area contributed by atoms with Gasteiger partial charge in [-0.2, -0.15) is 0 Å². The van der Waals surface area contributed by atoms with E-state index in [0.29, 0.717) is 62.6 Å². The zero-order valence-corrected chi connectivity index (χ0v) is 36.2. The van der Waals surface area contributed by atoms with Crippen LogP contribution in [-0.4, -0.2) is 141 Å². The zero-order chi connectivity index (χ0) is 42.5. The van der Waals surface area contributed by atoms with Crippen LogP contribution in [0.3, 0.4) is 0 Å². The van der Waals surface area contributed by atoms with E-state index in [2.05, 4.69) is 27.5 Å². The molecule has 3 saturated heterocycles. The normalized spacial score (nSPS) is 35.6. The molecule has 18 heteroatoms. The molecule has 5 rings (SSSR count). The predicted molar refractivity (Wildman–Crippen MR) is 216 cm³/mol. The number of thiazole rings is 1. The van der Waals surface area contributed by atoms with E-state index in [0.717, 1.165) is 11.2 Å². The number of fused-ring (bicyclic) bond motifs is 1. The highest BCUT2D eigenvalue weighted by atomic mass is 32.1. The van der Waals surface area contributed by atoms with Gasteiger partial charge < -0.3 is 44.8 Å². The highest BCUT2D eigenvalue weighted by Crippen LogP contribution is 2.39. The van der Waals surface area contributed by atoms with Crippen LogP contribution in [0.2, 0.25) is 0 Å². The first kappa shape index (κ1) is 45.5. The number of aliphatic hydroxyl groups excluding tert-OH is 1. The first-order valence-electron chi connectivity index (χ1n) is 20.7. The highest BCUT2D eigenvalue weighted by Gasteiger charge is 2.58. The molecular formula is C40H64N8O9S. The molecule has 0 aliphatic carbocycles. The van der Waals surface area contributed by atoms with E-state index in [4.69, 9.17) is 24.7 Å². The van der Waals surface area contributed by atoms with Crippen LogP contribution >= 0.6 is 11.3 Å². The van der Waals surface area contributed by atoms with E-state index in [9.17, 15) is 24.3 Å². The van der Waals surface area contributed by atoms with E-state index < -0.39 is 71.8 Å². The number of aryl methyl sites for hydroxylation is 1. The number of nitrogens with zero attached hydrogens (tertiary/aromatic N) is 6. The number of amides is 1. The van der Waals surface area contributed by atoms with Gasteiger partial charge in [0.1, 0.15) is 30.1 Å². The third-order valence-electron chi connectivity index (χ3n) is 12.2. The number of anilines is 1. The van der Waals surface area contributed by atoms with Gasteiger partial charge in [0.25, 0.3) is 0 Å². The molecule has 2 aromatic rings. The molecule has 0 radical (unpaired) electrons. The molecule has 3 unspecified atom stereocenters. The number of ether oxygens (including phenoxy) is 4. The summed E-state index contributed by atoms with van der Waals surface area (Å²) in [6, 6.07) is -1.10. The van der Waals surface area contributed by atoms with Gasteiger partial charge in [0.15, 0.2) is 22.8 Å². The zero-order valence-electron chi connectivity index (χ0n) is 35.4. The topological polar surface area (TPSA) is 214 Å². The van der Waals surface area contributed by atoms with Crippen LogP contribution in [0.5, 0.6) is 0 Å². The number of nitrogens with two attached hydrogens (primary N) is 1. The van der Waals surface area contributed by atoms with Crippen molar-refractivity contribution in [3.8, 4) is 10.6 Å². The number of esters is 1. The van der Waals surface area contributed by atoms with Crippen molar-refractivity contribution in [1.29, 1.82) is 0 Å². The second-order valence-electron chi connectivity index (χ2n) is 16.9. The summed E-state index contributed by atoms with van der Waals surface area (Å²) in [4.78, 5) is 62.8. The number of unbranched alkanes of at least 4 members (excludes halogenated alkanes) is 1. The Hall–Kier alpha value is -3.55. The maximum absolute atomic E-state index is 14.3. The number of rotatable bonds is 12. The fourth-order valence-electron chi connectivity index (χ4n) is 9.02. The van der Waals surface area contributed by atoms with E-state index in [1.807, 2.05) is 46.0 Å². The number of nitrogens with one attached hydrogen (secondary N) is 1. The first-order valence-corrected chi connectivity index (χ1v) is 21.5. The molecule has 0 saturated carbocycles. The second-order valence-corrected chi connectivity index (χ2v) is 18.0. The average Bonchev–Trinajstić information content (AvgIpc) is 3.90. The van der Waals surface area contributed by atoms with E-state index in [1.54, 1.807) is 29.6 Å². The molecule has 3 fully saturated rings. The minimum Gasteiger partial charge on any atom is -0.458 e. The third kappa shape index (κ3) is 10.2. The molecule has 3 aliphatic heterocycles. The van der Waals surface area contributed by atoms with Gasteiger partial charge >= 0.3 is 12.1 Å². The molecule has 5 heterocycles. The fraction of sp³-hybridized carbons (Fsp3) is 0.775. The van der Waals surface area contributed by atoms with Crippen LogP contribution in [0.1, 0.15) is 87.0 Å². The summed E-state index contributed by atoms with van der Waals surface area (Å²) in [5.41, 5.74) is 5.22. The lowest BCUT2D eigenvalue weighted by Crippen LogP contribution is -2.60. The number of aromatic nitrogens is 4. The quantitative estimate of drug-likeness (QED) is 0.121. The Morgan fingerprint density at radius 1 is 1.14 bits per heavy atom. The van der Waals surface area contributed by atoms with Crippen LogP contribution < -0.4 is 11.1 Å². The summed E-state index contributed by atoms with van der Waals surface area (Å²) in [6.45, 7) is 14.3. The number of hydrogen-bond donors (Lipinski definition) is 3. The monoisotopic (exact) mass is 832 g/mol. The second kappa shape index (κ2) is 19.7. The number of carbonyl (C=O) groups is 4. The Balaban J connectivity index is 1.37. The number of aliphatic hydroxyl groups is 1. The van der Waals surface area contributed by atoms with Gasteiger partial charge in [0, 0.05) is 43.7 Å². The average molecular weight is 833 g/mol. The van der Waals surface area contributed by atoms with Gasteiger partial charge in [-0.15, -0.1) is 5.10 Å². The Bertz CT molecular complexity index is 1710. The van der Waals surface area contributed by atoms with Crippen molar-refractivity contribution in [3.63, 3.8) is 0 Å². The molecule has 0 spiro atoms. The van der Waals surface area contributed by atoms with Crippen LogP contribution in [0, 0.1) is 23.7 Å². The number of hydrogen-bond acceptors (Lipinski definition) is 16. The summed E-state index contributed by atoms with van der Waals surface area (Å²) in [5, 5.41) is 24.0. The Morgan fingerprint density at radius 2 is 1.86 bits per heavy atom. The number of aldehydes is 1. The molecule has 58 heavy (non-hydrogen) atoms. The molecule has 2 aromatic heterocycles. The van der Waals surface area contributed by atoms with Crippen molar-refractivity contribution >= 4 is 40.6 Å². The fourth-order valence-corrected chi connectivity index (χ4v) is 9.65. The summed E-state index contributed by atoms with van der Waals surface area (Å²) in [5.74, 6) is -3.67. The summed E-state index contributed by atoms with van der Waals surface area (Å²) >= 11 is 1.34. The molecular weight excluding hydrogens is 769 g/mol. The summed E-state index contributed by atoms with van der Waals surface area (Å²) < 4.78 is 26.8. The number of carbonyl (C=O) groups excluding carboxylic acids is 4. The lowest BCUT2D eigenvalue weighted by atomic mass is 9.79. The first-order chi connectivity index (χ1) is 27.5. The standard InChI is InChI=1S/C40H64N8O9S/c1-10-31-40(7)35(48(39(53)57-40)15-12-11-14-47-21-28(44-45-47)30-20-43-38(41)58-30)26(6)42-19-22(2)17-27(13-16-49)34(24(4)32(50)25(5)36(52)55-31)56-37-33(51)29(46(8)9)18-23(3)54-37/h16,20-27,29,31,33-35,37,42,51H,10-15,17-19H2,1-9H3,(H2,41,43)/t22-,23?,24+,25-,26-,27+,29?,31-,33?,34-,35-,37+,40-/m1/s1. The number of cyclic esters (lactones) is 1. The Kier molecular flexibility index (Phi) is 15.4. The number of Topliss-reactive ketones (excluding diaryl/α,β-unsaturated/α-hetero) is 1. The van der Waals surface area contributed by atoms with Gasteiger partial charge in [-0.25, -0.2) is 9.78 Å². The largest absolute Gasteiger partial charge is 0.458 e. The molecule has 0 aromatic carbocycles. The Morgan fingerprint density at radius 3 is 2.52 bits per heavy atom. The van der Waals surface area contributed by atoms with E-state index in [-0.39, 0.29) is 30.5 Å². The van der Waals surface area contributed by atoms with E-state index in [1.165, 1.54) is 18.3 Å². The van der Waals surface area contributed by atoms with Crippen molar-refractivity contribution in [2.45, 2.75) is 148 Å². The molecule has 17 nitrogen and oxygen atoms in total. The van der Waals surface area contributed by atoms with Gasteiger partial charge in [0.2, 0.25) is 0 Å². The van der Waals surface area contributed by atoms with Crippen LogP contribution in [0.15, 0.2) is 12.4 Å². The lowest BCUT2D eigenvalue weighted by molar-refractivity contribution is -0.278. The van der Waals surface area contributed by atoms with Gasteiger partial charge in [-0.05, 0) is 92.3 Å². The van der Waals surface area contributed by atoms with Gasteiger partial charge in [-0.1, -0.05) is 37.3 Å². The summed E-state index contributed by atoms with van der Waals surface area (Å²) in [7, 11) is 3.77. The number of ketones is 1. The molecule has 1 amide bonds. The maximum Gasteiger partial charge on any atom is 0.410 e. The smallest absolute Gasteiger partial charge is 0.410 e. The molecule has 4 N–H and O–H groups in total. The molecule has 13 atom stereocenters. The van der Waals surface area contributed by atoms with Crippen LogP contribution in [0.25, 0.3) is 10.6 Å². The van der Waals surface area contributed by atoms with Crippen LogP contribution in [0.4, 0.5) is 9.93 Å². The van der Waals surface area contributed by atoms with Crippen LogP contribution in [-0.2, 0) is 39.9 Å². The van der Waals surface area contributed by atoms with Crippen molar-refractivity contribution in [1.82, 2.24) is 35.1 Å².